The number of thiophene rings is 1. The second-order valence-electron chi connectivity index (χ2n) is 5.46. The van der Waals surface area contributed by atoms with E-state index in [2.05, 4.69) is 5.10 Å². The van der Waals surface area contributed by atoms with Crippen molar-refractivity contribution in [2.75, 3.05) is 6.61 Å². The molecule has 23 heavy (non-hydrogen) atoms. The van der Waals surface area contributed by atoms with Gasteiger partial charge in [0.25, 0.3) is 5.56 Å². The fourth-order valence-corrected chi connectivity index (χ4v) is 3.73. The average Bonchev–Trinajstić information content (AvgIpc) is 2.98. The van der Waals surface area contributed by atoms with E-state index < -0.39 is 5.97 Å². The molecule has 3 rings (SSSR count). The number of aromatic nitrogens is 3. The number of halogens is 1. The predicted molar refractivity (Wildman–Crippen MR) is 90.6 cm³/mol. The Kier molecular flexibility index (Phi) is 4.16. The number of fused-ring (bicyclic) bond motifs is 3. The molecule has 0 spiro atoms. The topological polar surface area (TPSA) is 65.6 Å². The maximum atomic E-state index is 12.6. The Morgan fingerprint density at radius 1 is 1.43 bits per heavy atom. The van der Waals surface area contributed by atoms with E-state index in [0.29, 0.717) is 15.7 Å². The summed E-state index contributed by atoms with van der Waals surface area (Å²) in [5.41, 5.74) is 0.174. The zero-order valence-corrected chi connectivity index (χ0v) is 14.6. The van der Waals surface area contributed by atoms with Gasteiger partial charge >= 0.3 is 5.97 Å². The van der Waals surface area contributed by atoms with Crippen LogP contribution in [0.4, 0.5) is 0 Å². The van der Waals surface area contributed by atoms with Crippen LogP contribution in [0, 0.1) is 0 Å². The minimum atomic E-state index is -0.474. The number of hydrogen-bond acceptors (Lipinski definition) is 5. The van der Waals surface area contributed by atoms with Gasteiger partial charge in [0.15, 0.2) is 0 Å². The van der Waals surface area contributed by atoms with Crippen LogP contribution in [0.2, 0.25) is 4.34 Å². The van der Waals surface area contributed by atoms with Gasteiger partial charge in [-0.1, -0.05) is 25.4 Å². The molecule has 0 aliphatic carbocycles. The largest absolute Gasteiger partial charge is 0.465 e. The normalized spacial score (nSPS) is 11.7. The van der Waals surface area contributed by atoms with Gasteiger partial charge in [-0.2, -0.15) is 5.10 Å². The van der Waals surface area contributed by atoms with Crippen LogP contribution in [0.25, 0.3) is 15.7 Å². The van der Waals surface area contributed by atoms with E-state index in [1.54, 1.807) is 13.0 Å². The summed E-state index contributed by atoms with van der Waals surface area (Å²) in [5.74, 6) is 0.304. The number of ether oxygens (including phenoxy) is 1. The number of carbonyl (C=O) groups is 1. The molecule has 3 aromatic heterocycles. The van der Waals surface area contributed by atoms with Crippen molar-refractivity contribution in [1.82, 2.24) is 14.2 Å². The van der Waals surface area contributed by atoms with E-state index in [0.717, 1.165) is 10.2 Å². The van der Waals surface area contributed by atoms with Gasteiger partial charge in [-0.25, -0.2) is 4.68 Å². The summed E-state index contributed by atoms with van der Waals surface area (Å²) in [6.45, 7) is 5.78. The first kappa shape index (κ1) is 16.0. The van der Waals surface area contributed by atoms with E-state index in [1.807, 2.05) is 24.3 Å². The maximum absolute atomic E-state index is 12.6. The number of hydrogen-bond donors (Lipinski definition) is 0. The average molecular weight is 354 g/mol. The summed E-state index contributed by atoms with van der Waals surface area (Å²) in [7, 11) is 0. The zero-order valence-electron chi connectivity index (χ0n) is 13.0. The highest BCUT2D eigenvalue weighted by molar-refractivity contribution is 7.22. The third kappa shape index (κ3) is 2.74. The molecule has 0 radical (unpaired) electrons. The van der Waals surface area contributed by atoms with Gasteiger partial charge in [0.1, 0.15) is 22.7 Å². The van der Waals surface area contributed by atoms with Crippen LogP contribution < -0.4 is 5.56 Å². The third-order valence-corrected chi connectivity index (χ3v) is 4.72. The van der Waals surface area contributed by atoms with Crippen LogP contribution in [-0.2, 0) is 16.1 Å². The highest BCUT2D eigenvalue weighted by atomic mass is 35.5. The summed E-state index contributed by atoms with van der Waals surface area (Å²) in [6, 6.07) is 3.61. The fraction of sp³-hybridized carbons (Fsp3) is 0.400. The molecule has 0 saturated heterocycles. The number of rotatable bonds is 4. The highest BCUT2D eigenvalue weighted by Gasteiger charge is 2.19. The molecule has 0 amide bonds. The second-order valence-corrected chi connectivity index (χ2v) is 7.12. The van der Waals surface area contributed by atoms with Crippen LogP contribution in [0.15, 0.2) is 16.9 Å². The molecule has 0 fully saturated rings. The van der Waals surface area contributed by atoms with Crippen molar-refractivity contribution in [3.63, 3.8) is 0 Å². The quantitative estimate of drug-likeness (QED) is 0.676. The van der Waals surface area contributed by atoms with Crippen LogP contribution in [0.3, 0.4) is 0 Å². The molecule has 8 heteroatoms. The van der Waals surface area contributed by atoms with Crippen molar-refractivity contribution < 1.29 is 9.53 Å². The molecule has 0 aliphatic heterocycles. The van der Waals surface area contributed by atoms with Crippen molar-refractivity contribution in [2.24, 2.45) is 0 Å². The highest BCUT2D eigenvalue weighted by Crippen LogP contribution is 2.32. The molecule has 0 saturated carbocycles. The molecule has 122 valence electrons. The number of carbonyl (C=O) groups excluding carboxylic acids is 1. The van der Waals surface area contributed by atoms with Crippen molar-refractivity contribution in [2.45, 2.75) is 33.2 Å². The molecule has 3 heterocycles. The summed E-state index contributed by atoms with van der Waals surface area (Å²) in [6.07, 6.45) is 0. The maximum Gasteiger partial charge on any atom is 0.327 e. The first-order valence-electron chi connectivity index (χ1n) is 7.29. The summed E-state index contributed by atoms with van der Waals surface area (Å²) < 4.78 is 8.58. The van der Waals surface area contributed by atoms with Gasteiger partial charge in [0.2, 0.25) is 0 Å². The molecule has 0 atom stereocenters. The van der Waals surface area contributed by atoms with E-state index in [4.69, 9.17) is 16.3 Å². The Morgan fingerprint density at radius 3 is 2.83 bits per heavy atom. The van der Waals surface area contributed by atoms with Crippen LogP contribution in [-0.4, -0.2) is 26.8 Å². The third-order valence-electron chi connectivity index (χ3n) is 3.45. The minimum absolute atomic E-state index is 0.0722. The number of esters is 1. The lowest BCUT2D eigenvalue weighted by molar-refractivity contribution is -0.144. The van der Waals surface area contributed by atoms with Crippen molar-refractivity contribution in [3.8, 4) is 0 Å². The lowest BCUT2D eigenvalue weighted by Gasteiger charge is -2.12. The minimum Gasteiger partial charge on any atom is -0.465 e. The van der Waals surface area contributed by atoms with Crippen LogP contribution in [0.1, 0.15) is 32.5 Å². The summed E-state index contributed by atoms with van der Waals surface area (Å²) in [5, 5.41) is 5.28. The first-order valence-corrected chi connectivity index (χ1v) is 8.49. The van der Waals surface area contributed by atoms with Gasteiger partial charge in [-0.15, -0.1) is 11.3 Å². The number of nitrogens with zero attached hydrogens (tertiary/aromatic N) is 3. The molecule has 0 aromatic carbocycles. The van der Waals surface area contributed by atoms with Crippen molar-refractivity contribution in [1.29, 1.82) is 0 Å². The fourth-order valence-electron chi connectivity index (χ4n) is 2.50. The van der Waals surface area contributed by atoms with E-state index >= 15 is 0 Å². The van der Waals surface area contributed by atoms with Gasteiger partial charge in [0, 0.05) is 11.3 Å². The van der Waals surface area contributed by atoms with E-state index in [9.17, 15) is 9.59 Å². The van der Waals surface area contributed by atoms with E-state index in [1.165, 1.54) is 16.0 Å². The van der Waals surface area contributed by atoms with Gasteiger partial charge in [-0.3, -0.25) is 14.0 Å². The molecule has 0 unspecified atom stereocenters. The zero-order chi connectivity index (χ0) is 16.7. The molecule has 6 nitrogen and oxygen atoms in total. The first-order chi connectivity index (χ1) is 10.9. The molecule has 0 bridgehead atoms. The lowest BCUT2D eigenvalue weighted by Crippen LogP contribution is -2.31. The summed E-state index contributed by atoms with van der Waals surface area (Å²) in [4.78, 5) is 25.2. The van der Waals surface area contributed by atoms with Crippen LogP contribution in [0.5, 0.6) is 0 Å². The molecule has 3 aromatic rings. The molecular formula is C15H16ClN3O3S. The lowest BCUT2D eigenvalue weighted by atomic mass is 10.2. The Labute approximate surface area is 141 Å². The molecule has 0 aliphatic rings. The Balaban J connectivity index is 2.26. The van der Waals surface area contributed by atoms with Gasteiger partial charge in [-0.05, 0) is 19.1 Å². The monoisotopic (exact) mass is 353 g/mol. The molecular weight excluding hydrogens is 338 g/mol. The Morgan fingerprint density at radius 2 is 2.17 bits per heavy atom. The standard InChI is InChI=1S/C15H16ClN3O3S/c1-4-22-12(20)7-18-14(21)10-5-9-6-11(16)23-15(9)19(10)13(17-18)8(2)3/h5-6,8H,4,7H2,1-3H3. The van der Waals surface area contributed by atoms with Crippen LogP contribution >= 0.6 is 22.9 Å². The van der Waals surface area contributed by atoms with Crippen molar-refractivity contribution >= 4 is 44.6 Å². The summed E-state index contributed by atoms with van der Waals surface area (Å²) >= 11 is 7.48. The van der Waals surface area contributed by atoms with E-state index in [-0.39, 0.29) is 24.6 Å². The smallest absolute Gasteiger partial charge is 0.327 e. The Bertz CT molecular complexity index is 954. The predicted octanol–water partition coefficient (Wildman–Crippen LogP) is 3.05. The van der Waals surface area contributed by atoms with Gasteiger partial charge in [0.05, 0.1) is 10.9 Å². The molecule has 0 N–H and O–H groups in total. The Hall–Kier alpha value is -1.86. The SMILES string of the molecule is CCOC(=O)Cn1nc(C(C)C)n2c(cc3cc(Cl)sc32)c1=O. The second kappa shape index (κ2) is 5.98. The van der Waals surface area contributed by atoms with Crippen molar-refractivity contribution in [3.05, 3.63) is 32.6 Å². The van der Waals surface area contributed by atoms with Gasteiger partial charge < -0.3 is 4.74 Å².